The lowest BCUT2D eigenvalue weighted by Gasteiger charge is -2.04. The van der Waals surface area contributed by atoms with Gasteiger partial charge in [0.15, 0.2) is 5.13 Å². The van der Waals surface area contributed by atoms with E-state index in [2.05, 4.69) is 25.8 Å². The normalized spacial score (nSPS) is 10.9. The van der Waals surface area contributed by atoms with E-state index in [4.69, 9.17) is 0 Å². The van der Waals surface area contributed by atoms with Crippen LogP contribution in [0, 0.1) is 6.92 Å². The van der Waals surface area contributed by atoms with Crippen LogP contribution in [-0.4, -0.2) is 31.1 Å². The highest BCUT2D eigenvalue weighted by atomic mass is 32.1. The quantitative estimate of drug-likeness (QED) is 0.622. The van der Waals surface area contributed by atoms with E-state index in [0.717, 1.165) is 15.8 Å². The lowest BCUT2D eigenvalue weighted by atomic mass is 10.2. The summed E-state index contributed by atoms with van der Waals surface area (Å²) in [5.74, 6) is -0.221. The maximum absolute atomic E-state index is 12.5. The Bertz CT molecular complexity index is 1020. The first-order valence-corrected chi connectivity index (χ1v) is 8.03. The summed E-state index contributed by atoms with van der Waals surface area (Å²) in [5.41, 5.74) is 3.23. The molecule has 0 atom stereocenters. The van der Waals surface area contributed by atoms with Crippen molar-refractivity contribution in [2.24, 2.45) is 0 Å². The highest BCUT2D eigenvalue weighted by Crippen LogP contribution is 2.28. The van der Waals surface area contributed by atoms with E-state index < -0.39 is 0 Å². The molecule has 2 aromatic heterocycles. The second-order valence-corrected chi connectivity index (χ2v) is 6.23. The van der Waals surface area contributed by atoms with E-state index in [9.17, 15) is 4.79 Å². The van der Waals surface area contributed by atoms with Crippen LogP contribution in [0.4, 0.5) is 5.13 Å². The van der Waals surface area contributed by atoms with Crippen LogP contribution in [0.5, 0.6) is 0 Å². The fourth-order valence-electron chi connectivity index (χ4n) is 2.38. The van der Waals surface area contributed by atoms with Crippen molar-refractivity contribution in [3.8, 4) is 5.69 Å². The molecule has 1 amide bonds. The van der Waals surface area contributed by atoms with Crippen molar-refractivity contribution in [1.29, 1.82) is 0 Å². The molecular formula is C16H12N6OS. The van der Waals surface area contributed by atoms with Gasteiger partial charge in [-0.25, -0.2) is 9.67 Å². The maximum Gasteiger partial charge on any atom is 0.257 e. The average molecular weight is 336 g/mol. The molecule has 7 nitrogen and oxygen atoms in total. The summed E-state index contributed by atoms with van der Waals surface area (Å²) in [5, 5.41) is 14.5. The summed E-state index contributed by atoms with van der Waals surface area (Å²) < 4.78 is 2.55. The van der Waals surface area contributed by atoms with Crippen LogP contribution in [0.3, 0.4) is 0 Å². The van der Waals surface area contributed by atoms with Gasteiger partial charge in [-0.3, -0.25) is 10.1 Å². The van der Waals surface area contributed by atoms with Gasteiger partial charge in [0.1, 0.15) is 6.33 Å². The number of para-hydroxylation sites is 1. The number of amides is 1. The molecule has 1 N–H and O–H groups in total. The zero-order valence-corrected chi connectivity index (χ0v) is 13.5. The van der Waals surface area contributed by atoms with Gasteiger partial charge in [0.25, 0.3) is 5.91 Å². The monoisotopic (exact) mass is 336 g/mol. The minimum atomic E-state index is -0.221. The van der Waals surface area contributed by atoms with Crippen molar-refractivity contribution in [1.82, 2.24) is 25.2 Å². The number of anilines is 1. The first-order valence-electron chi connectivity index (χ1n) is 7.21. The summed E-state index contributed by atoms with van der Waals surface area (Å²) >= 11 is 1.46. The Balaban J connectivity index is 1.61. The summed E-state index contributed by atoms with van der Waals surface area (Å²) in [6.07, 6.45) is 1.48. The number of aromatic nitrogens is 5. The Labute approximate surface area is 141 Å². The van der Waals surface area contributed by atoms with Crippen LogP contribution in [0.1, 0.15) is 15.9 Å². The number of fused-ring (bicyclic) bond motifs is 1. The van der Waals surface area contributed by atoms with Crippen LogP contribution in [0.15, 0.2) is 48.8 Å². The summed E-state index contributed by atoms with van der Waals surface area (Å²) in [6.45, 7) is 2.00. The molecular weight excluding hydrogens is 324 g/mol. The maximum atomic E-state index is 12.5. The number of rotatable bonds is 3. The third kappa shape index (κ3) is 2.63. The predicted molar refractivity (Wildman–Crippen MR) is 91.5 cm³/mol. The fourth-order valence-corrected chi connectivity index (χ4v) is 3.32. The predicted octanol–water partition coefficient (Wildman–Crippen LogP) is 2.83. The zero-order chi connectivity index (χ0) is 16.5. The largest absolute Gasteiger partial charge is 0.298 e. The highest BCUT2D eigenvalue weighted by molar-refractivity contribution is 7.22. The molecule has 24 heavy (non-hydrogen) atoms. The van der Waals surface area contributed by atoms with Crippen molar-refractivity contribution >= 4 is 32.6 Å². The van der Waals surface area contributed by atoms with Crippen LogP contribution < -0.4 is 5.32 Å². The Kier molecular flexibility index (Phi) is 3.51. The number of tetrazole rings is 1. The van der Waals surface area contributed by atoms with Crippen molar-refractivity contribution in [2.75, 3.05) is 5.32 Å². The van der Waals surface area contributed by atoms with E-state index in [0.29, 0.717) is 16.4 Å². The molecule has 0 radical (unpaired) electrons. The van der Waals surface area contributed by atoms with E-state index in [-0.39, 0.29) is 5.91 Å². The van der Waals surface area contributed by atoms with Crippen molar-refractivity contribution in [3.63, 3.8) is 0 Å². The molecule has 0 fully saturated rings. The Morgan fingerprint density at radius 3 is 2.88 bits per heavy atom. The van der Waals surface area contributed by atoms with Crippen molar-refractivity contribution < 1.29 is 4.79 Å². The van der Waals surface area contributed by atoms with Gasteiger partial charge in [-0.05, 0) is 47.2 Å². The number of aryl methyl sites for hydroxylation is 1. The third-order valence-corrected chi connectivity index (χ3v) is 4.50. The number of nitrogens with one attached hydrogen (secondary N) is 1. The molecule has 0 saturated heterocycles. The minimum absolute atomic E-state index is 0.221. The van der Waals surface area contributed by atoms with Gasteiger partial charge < -0.3 is 0 Å². The third-order valence-electron chi connectivity index (χ3n) is 3.56. The van der Waals surface area contributed by atoms with Gasteiger partial charge in [0.2, 0.25) is 0 Å². The Morgan fingerprint density at radius 2 is 2.08 bits per heavy atom. The molecule has 4 aromatic rings. The van der Waals surface area contributed by atoms with E-state index in [1.807, 2.05) is 31.2 Å². The van der Waals surface area contributed by atoms with E-state index in [1.54, 1.807) is 18.2 Å². The van der Waals surface area contributed by atoms with Crippen LogP contribution >= 0.6 is 11.3 Å². The highest BCUT2D eigenvalue weighted by Gasteiger charge is 2.12. The summed E-state index contributed by atoms with van der Waals surface area (Å²) in [4.78, 5) is 17.0. The number of carbonyl (C=O) groups is 1. The van der Waals surface area contributed by atoms with Crippen LogP contribution in [0.2, 0.25) is 0 Å². The van der Waals surface area contributed by atoms with Gasteiger partial charge in [-0.1, -0.05) is 29.5 Å². The molecule has 2 heterocycles. The molecule has 0 aliphatic rings. The molecule has 4 rings (SSSR count). The molecule has 8 heteroatoms. The van der Waals surface area contributed by atoms with Gasteiger partial charge in [0, 0.05) is 5.56 Å². The molecule has 0 aliphatic heterocycles. The molecule has 118 valence electrons. The zero-order valence-electron chi connectivity index (χ0n) is 12.7. The van der Waals surface area contributed by atoms with Gasteiger partial charge in [-0.2, -0.15) is 0 Å². The number of hydrogen-bond donors (Lipinski definition) is 1. The Hall–Kier alpha value is -3.13. The van der Waals surface area contributed by atoms with Gasteiger partial charge >= 0.3 is 0 Å². The SMILES string of the molecule is Cc1cccc2sc(NC(=O)c3cccc(-n4cnnn4)c3)nc12. The molecule has 0 unspecified atom stereocenters. The molecule has 0 spiro atoms. The van der Waals surface area contributed by atoms with Crippen LogP contribution in [0.25, 0.3) is 15.9 Å². The second kappa shape index (κ2) is 5.82. The minimum Gasteiger partial charge on any atom is -0.298 e. The summed E-state index contributed by atoms with van der Waals surface area (Å²) in [6, 6.07) is 13.1. The standard InChI is InChI=1S/C16H12N6OS/c1-10-4-2-7-13-14(10)18-16(24-13)19-15(23)11-5-3-6-12(8-11)22-9-17-20-21-22/h2-9H,1H3,(H,18,19,23). The molecule has 2 aromatic carbocycles. The number of benzene rings is 2. The first-order chi connectivity index (χ1) is 11.7. The van der Waals surface area contributed by atoms with Crippen LogP contribution in [-0.2, 0) is 0 Å². The number of nitrogens with zero attached hydrogens (tertiary/aromatic N) is 5. The number of thiazole rings is 1. The van der Waals surface area contributed by atoms with E-state index >= 15 is 0 Å². The van der Waals surface area contributed by atoms with Crippen molar-refractivity contribution in [3.05, 3.63) is 59.9 Å². The molecule has 0 aliphatic carbocycles. The molecule has 0 bridgehead atoms. The smallest absolute Gasteiger partial charge is 0.257 e. The first kappa shape index (κ1) is 14.5. The van der Waals surface area contributed by atoms with Gasteiger partial charge in [0.05, 0.1) is 15.9 Å². The van der Waals surface area contributed by atoms with Crippen molar-refractivity contribution in [2.45, 2.75) is 6.92 Å². The lowest BCUT2D eigenvalue weighted by Crippen LogP contribution is -2.12. The number of hydrogen-bond acceptors (Lipinski definition) is 6. The number of carbonyl (C=O) groups excluding carboxylic acids is 1. The average Bonchev–Trinajstić information content (AvgIpc) is 3.25. The van der Waals surface area contributed by atoms with E-state index in [1.165, 1.54) is 22.3 Å². The summed E-state index contributed by atoms with van der Waals surface area (Å²) in [7, 11) is 0. The fraction of sp³-hybridized carbons (Fsp3) is 0.0625. The Morgan fingerprint density at radius 1 is 1.21 bits per heavy atom. The second-order valence-electron chi connectivity index (χ2n) is 5.20. The van der Waals surface area contributed by atoms with Gasteiger partial charge in [-0.15, -0.1) is 5.10 Å². The molecule has 0 saturated carbocycles. The topological polar surface area (TPSA) is 85.6 Å². The lowest BCUT2D eigenvalue weighted by molar-refractivity contribution is 0.102.